The lowest BCUT2D eigenvalue weighted by Gasteiger charge is -2.35. The van der Waals surface area contributed by atoms with Crippen molar-refractivity contribution in [2.45, 2.75) is 13.5 Å². The van der Waals surface area contributed by atoms with Crippen LogP contribution in [0.2, 0.25) is 0 Å². The minimum Gasteiger partial charge on any atom is -0.497 e. The molecule has 0 aromatic heterocycles. The van der Waals surface area contributed by atoms with Gasteiger partial charge in [-0.1, -0.05) is 47.9 Å². The Morgan fingerprint density at radius 1 is 0.853 bits per heavy atom. The van der Waals surface area contributed by atoms with Crippen LogP contribution in [0.5, 0.6) is 11.5 Å². The van der Waals surface area contributed by atoms with Crippen LogP contribution >= 0.6 is 0 Å². The van der Waals surface area contributed by atoms with Crippen LogP contribution in [0.25, 0.3) is 0 Å². The smallest absolute Gasteiger partial charge is 0.182 e. The van der Waals surface area contributed by atoms with Gasteiger partial charge in [0.2, 0.25) is 0 Å². The molecule has 0 N–H and O–H groups in total. The molecule has 0 spiro atoms. The van der Waals surface area contributed by atoms with E-state index < -0.39 is 0 Å². The molecular formula is C29H31N3O2. The van der Waals surface area contributed by atoms with Crippen molar-refractivity contribution in [1.82, 2.24) is 9.80 Å². The zero-order chi connectivity index (χ0) is 23.8. The Bertz CT molecular complexity index is 1170. The van der Waals surface area contributed by atoms with Gasteiger partial charge in [0.05, 0.1) is 25.5 Å². The van der Waals surface area contributed by atoms with Crippen LogP contribution in [-0.4, -0.2) is 56.0 Å². The van der Waals surface area contributed by atoms with Crippen molar-refractivity contribution in [1.29, 1.82) is 0 Å². The molecule has 1 saturated heterocycles. The molecule has 0 radical (unpaired) electrons. The lowest BCUT2D eigenvalue weighted by atomic mass is 10.1. The number of methoxy groups -OCH3 is 2. The van der Waals surface area contributed by atoms with E-state index in [1.165, 1.54) is 11.1 Å². The van der Waals surface area contributed by atoms with E-state index in [2.05, 4.69) is 52.8 Å². The second-order valence-corrected chi connectivity index (χ2v) is 8.33. The molecule has 0 amide bonds. The summed E-state index contributed by atoms with van der Waals surface area (Å²) in [5.41, 5.74) is 4.35. The molecule has 3 aromatic carbocycles. The van der Waals surface area contributed by atoms with Gasteiger partial charge in [-0.15, -0.1) is 0 Å². The van der Waals surface area contributed by atoms with Crippen LogP contribution in [0.3, 0.4) is 0 Å². The van der Waals surface area contributed by atoms with E-state index in [1.807, 2.05) is 48.5 Å². The third-order valence-corrected chi connectivity index (χ3v) is 5.92. The fourth-order valence-electron chi connectivity index (χ4n) is 3.90. The van der Waals surface area contributed by atoms with Gasteiger partial charge in [-0.2, -0.15) is 0 Å². The van der Waals surface area contributed by atoms with Crippen molar-refractivity contribution in [3.8, 4) is 23.3 Å². The van der Waals surface area contributed by atoms with E-state index in [9.17, 15) is 0 Å². The first-order valence-corrected chi connectivity index (χ1v) is 11.6. The van der Waals surface area contributed by atoms with Gasteiger partial charge in [-0.3, -0.25) is 4.90 Å². The molecule has 34 heavy (non-hydrogen) atoms. The maximum Gasteiger partial charge on any atom is 0.182 e. The number of hydrogen-bond donors (Lipinski definition) is 0. The van der Waals surface area contributed by atoms with Gasteiger partial charge in [0.1, 0.15) is 11.5 Å². The quantitative estimate of drug-likeness (QED) is 0.312. The average molecular weight is 454 g/mol. The second-order valence-electron chi connectivity index (χ2n) is 8.33. The molecule has 1 aliphatic heterocycles. The monoisotopic (exact) mass is 453 g/mol. The normalized spacial score (nSPS) is 14.3. The minimum absolute atomic E-state index is 0.765. The van der Waals surface area contributed by atoms with Gasteiger partial charge >= 0.3 is 0 Å². The van der Waals surface area contributed by atoms with Crippen LogP contribution in [0.4, 0.5) is 5.69 Å². The highest BCUT2D eigenvalue weighted by Crippen LogP contribution is 2.20. The summed E-state index contributed by atoms with van der Waals surface area (Å²) in [6.45, 7) is 6.77. The van der Waals surface area contributed by atoms with E-state index in [0.717, 1.165) is 61.3 Å². The zero-order valence-electron chi connectivity index (χ0n) is 20.1. The highest BCUT2D eigenvalue weighted by molar-refractivity contribution is 6.00. The maximum atomic E-state index is 5.47. The Kier molecular flexibility index (Phi) is 7.85. The zero-order valence-corrected chi connectivity index (χ0v) is 20.1. The summed E-state index contributed by atoms with van der Waals surface area (Å²) < 4.78 is 10.8. The van der Waals surface area contributed by atoms with Gasteiger partial charge in [0.25, 0.3) is 0 Å². The molecule has 0 bridgehead atoms. The fourth-order valence-corrected chi connectivity index (χ4v) is 3.90. The Balaban J connectivity index is 1.53. The standard InChI is InChI=1S/C29H31N3O2/c1-23-8-10-24(11-9-23)22-31-18-20-32(21-19-31)29(30-26-13-15-27(33-2)16-14-26)17-12-25-6-4-5-7-28(25)34-3/h4-11,13-16H,18-22H2,1-3H3. The average Bonchev–Trinajstić information content (AvgIpc) is 2.89. The number of rotatable bonds is 5. The summed E-state index contributed by atoms with van der Waals surface area (Å²) in [7, 11) is 3.33. The third kappa shape index (κ3) is 6.18. The fraction of sp³-hybridized carbons (Fsp3) is 0.276. The number of para-hydroxylation sites is 1. The van der Waals surface area contributed by atoms with Crippen LogP contribution in [-0.2, 0) is 6.54 Å². The third-order valence-electron chi connectivity index (χ3n) is 5.92. The van der Waals surface area contributed by atoms with Crippen LogP contribution in [0.1, 0.15) is 16.7 Å². The number of amidine groups is 1. The van der Waals surface area contributed by atoms with Crippen molar-refractivity contribution in [3.63, 3.8) is 0 Å². The lowest BCUT2D eigenvalue weighted by molar-refractivity contribution is 0.176. The molecule has 0 atom stereocenters. The molecule has 1 aliphatic rings. The topological polar surface area (TPSA) is 37.3 Å². The SMILES string of the molecule is COc1ccc(N=C(C#Cc2ccccc2OC)N2CCN(Cc3ccc(C)cc3)CC2)cc1. The molecule has 0 saturated carbocycles. The van der Waals surface area contributed by atoms with E-state index in [0.29, 0.717) is 0 Å². The number of aliphatic imine (C=N–C) groups is 1. The van der Waals surface area contributed by atoms with Gasteiger partial charge in [0, 0.05) is 32.7 Å². The maximum absolute atomic E-state index is 5.47. The van der Waals surface area contributed by atoms with E-state index in [4.69, 9.17) is 14.5 Å². The van der Waals surface area contributed by atoms with Gasteiger partial charge in [-0.25, -0.2) is 4.99 Å². The highest BCUT2D eigenvalue weighted by atomic mass is 16.5. The molecule has 4 rings (SSSR count). The van der Waals surface area contributed by atoms with Crippen molar-refractivity contribution >= 4 is 11.5 Å². The molecule has 0 unspecified atom stereocenters. The number of hydrogen-bond acceptors (Lipinski definition) is 4. The largest absolute Gasteiger partial charge is 0.497 e. The number of ether oxygens (including phenoxy) is 2. The van der Waals surface area contributed by atoms with Crippen LogP contribution in [0, 0.1) is 18.8 Å². The minimum atomic E-state index is 0.765. The van der Waals surface area contributed by atoms with Gasteiger partial charge < -0.3 is 14.4 Å². The molecule has 1 heterocycles. The summed E-state index contributed by atoms with van der Waals surface area (Å²) >= 11 is 0. The molecule has 5 heteroatoms. The van der Waals surface area contributed by atoms with Gasteiger partial charge in [0.15, 0.2) is 5.84 Å². The van der Waals surface area contributed by atoms with E-state index >= 15 is 0 Å². The Morgan fingerprint density at radius 3 is 2.24 bits per heavy atom. The number of nitrogens with zero attached hydrogens (tertiary/aromatic N) is 3. The summed E-state index contributed by atoms with van der Waals surface area (Å²) in [4.78, 5) is 9.66. The predicted octanol–water partition coefficient (Wildman–Crippen LogP) is 4.91. The Labute approximate surface area is 202 Å². The molecule has 1 fully saturated rings. The van der Waals surface area contributed by atoms with Crippen molar-refractivity contribution in [2.75, 3.05) is 40.4 Å². The molecule has 0 aliphatic carbocycles. The van der Waals surface area contributed by atoms with Gasteiger partial charge in [-0.05, 0) is 54.8 Å². The summed E-state index contributed by atoms with van der Waals surface area (Å²) in [5.74, 6) is 8.94. The Hall–Kier alpha value is -3.75. The van der Waals surface area contributed by atoms with E-state index in [1.54, 1.807) is 14.2 Å². The van der Waals surface area contributed by atoms with Crippen molar-refractivity contribution in [2.24, 2.45) is 4.99 Å². The van der Waals surface area contributed by atoms with Crippen molar-refractivity contribution < 1.29 is 9.47 Å². The molecule has 174 valence electrons. The first-order valence-electron chi connectivity index (χ1n) is 11.6. The summed E-state index contributed by atoms with van der Waals surface area (Å²) in [5, 5.41) is 0. The first kappa shape index (κ1) is 23.4. The van der Waals surface area contributed by atoms with E-state index in [-0.39, 0.29) is 0 Å². The Morgan fingerprint density at radius 2 is 1.56 bits per heavy atom. The number of aryl methyl sites for hydroxylation is 1. The summed E-state index contributed by atoms with van der Waals surface area (Å²) in [6, 6.07) is 24.4. The predicted molar refractivity (Wildman–Crippen MR) is 138 cm³/mol. The van der Waals surface area contributed by atoms with Crippen molar-refractivity contribution in [3.05, 3.63) is 89.5 Å². The number of piperazine rings is 1. The second kappa shape index (κ2) is 11.4. The highest BCUT2D eigenvalue weighted by Gasteiger charge is 2.19. The van der Waals surface area contributed by atoms with Crippen LogP contribution in [0.15, 0.2) is 77.8 Å². The molecular weight excluding hydrogens is 422 g/mol. The van der Waals surface area contributed by atoms with Crippen LogP contribution < -0.4 is 9.47 Å². The number of benzene rings is 3. The lowest BCUT2D eigenvalue weighted by Crippen LogP contribution is -2.48. The summed E-state index contributed by atoms with van der Waals surface area (Å²) in [6.07, 6.45) is 0. The molecule has 3 aromatic rings. The first-order chi connectivity index (χ1) is 16.6. The molecule has 5 nitrogen and oxygen atoms in total.